The van der Waals surface area contributed by atoms with Crippen molar-refractivity contribution in [3.63, 3.8) is 0 Å². The van der Waals surface area contributed by atoms with Crippen LogP contribution in [0.1, 0.15) is 58.9 Å². The second-order valence-electron chi connectivity index (χ2n) is 10.4. The lowest BCUT2D eigenvalue weighted by atomic mass is 9.67. The summed E-state index contributed by atoms with van der Waals surface area (Å²) in [4.78, 5) is 51.5. The predicted molar refractivity (Wildman–Crippen MR) is 126 cm³/mol. The number of nitrogens with zero attached hydrogens (tertiary/aromatic N) is 1. The Bertz CT molecular complexity index is 975. The lowest BCUT2D eigenvalue weighted by Gasteiger charge is -2.40. The average Bonchev–Trinajstić information content (AvgIpc) is 2.97. The second kappa shape index (κ2) is 9.64. The number of hydrogen-bond acceptors (Lipinski definition) is 6. The number of urea groups is 1. The minimum Gasteiger partial charge on any atom is -0.495 e. The molecule has 2 fully saturated rings. The van der Waals surface area contributed by atoms with Gasteiger partial charge in [-0.25, -0.2) is 4.79 Å². The summed E-state index contributed by atoms with van der Waals surface area (Å²) in [5.41, 5.74) is 0.557. The molecule has 186 valence electrons. The fraction of sp³-hybridized carbons (Fsp3) is 0.600. The molecule has 2 aliphatic rings. The number of anilines is 1. The van der Waals surface area contributed by atoms with E-state index in [1.54, 1.807) is 12.1 Å². The van der Waals surface area contributed by atoms with Gasteiger partial charge in [0.2, 0.25) is 0 Å². The number of esters is 1. The van der Waals surface area contributed by atoms with Crippen molar-refractivity contribution in [2.24, 2.45) is 11.3 Å². The number of hydrogen-bond donors (Lipinski definition) is 2. The number of carbonyl (C=O) groups excluding carboxylic acids is 4. The number of benzene rings is 1. The Morgan fingerprint density at radius 3 is 2.47 bits per heavy atom. The van der Waals surface area contributed by atoms with E-state index in [9.17, 15) is 19.2 Å². The SMILES string of the molecule is COc1ccc(C)cc1NC(=O)C(C)OC(=O)CN1C(=O)NC2(CCC(C(C)(C)C)CC2)C1=O. The standard InChI is InChI=1S/C25H35N3O6/c1-15-7-8-19(33-6)18(13-15)26-21(30)16(2)34-20(29)14-28-22(31)25(27-23(28)32)11-9-17(10-12-25)24(3,4)5/h7-8,13,16-17H,9-12,14H2,1-6H3,(H,26,30)(H,27,32). The molecule has 1 unspecified atom stereocenters. The number of amides is 4. The molecule has 0 radical (unpaired) electrons. The Morgan fingerprint density at radius 2 is 1.88 bits per heavy atom. The summed E-state index contributed by atoms with van der Waals surface area (Å²) >= 11 is 0. The smallest absolute Gasteiger partial charge is 0.327 e. The van der Waals surface area contributed by atoms with E-state index in [0.717, 1.165) is 23.3 Å². The maximum absolute atomic E-state index is 13.1. The van der Waals surface area contributed by atoms with Crippen LogP contribution in [0.25, 0.3) is 0 Å². The predicted octanol–water partition coefficient (Wildman–Crippen LogP) is 3.40. The minimum absolute atomic E-state index is 0.135. The molecule has 1 spiro atoms. The molecular formula is C25H35N3O6. The van der Waals surface area contributed by atoms with E-state index in [0.29, 0.717) is 30.2 Å². The summed E-state index contributed by atoms with van der Waals surface area (Å²) in [6, 6.07) is 4.71. The van der Waals surface area contributed by atoms with Gasteiger partial charge in [-0.05, 0) is 68.6 Å². The third-order valence-corrected chi connectivity index (χ3v) is 6.89. The Kier molecular flexibility index (Phi) is 7.24. The third kappa shape index (κ3) is 5.34. The summed E-state index contributed by atoms with van der Waals surface area (Å²) in [7, 11) is 1.49. The number of nitrogens with one attached hydrogen (secondary N) is 2. The van der Waals surface area contributed by atoms with Crippen LogP contribution in [0.15, 0.2) is 18.2 Å². The number of rotatable bonds is 6. The lowest BCUT2D eigenvalue weighted by molar-refractivity contribution is -0.155. The molecule has 1 saturated heterocycles. The largest absolute Gasteiger partial charge is 0.495 e. The number of aryl methyl sites for hydroxylation is 1. The molecule has 1 aromatic carbocycles. The number of carbonyl (C=O) groups is 4. The number of ether oxygens (including phenoxy) is 2. The van der Waals surface area contributed by atoms with E-state index >= 15 is 0 Å². The van der Waals surface area contributed by atoms with E-state index in [1.807, 2.05) is 13.0 Å². The highest BCUT2D eigenvalue weighted by atomic mass is 16.5. The highest BCUT2D eigenvalue weighted by molar-refractivity contribution is 6.09. The molecule has 3 rings (SSSR count). The zero-order chi connectivity index (χ0) is 25.3. The van der Waals surface area contributed by atoms with E-state index < -0.39 is 42.0 Å². The van der Waals surface area contributed by atoms with Crippen LogP contribution < -0.4 is 15.4 Å². The number of methoxy groups -OCH3 is 1. The van der Waals surface area contributed by atoms with Gasteiger partial charge >= 0.3 is 12.0 Å². The average molecular weight is 474 g/mol. The second-order valence-corrected chi connectivity index (χ2v) is 10.4. The molecule has 1 heterocycles. The maximum Gasteiger partial charge on any atom is 0.327 e. The summed E-state index contributed by atoms with van der Waals surface area (Å²) in [6.45, 7) is 9.30. The van der Waals surface area contributed by atoms with Gasteiger partial charge in [0.05, 0.1) is 12.8 Å². The van der Waals surface area contributed by atoms with Crippen LogP contribution in [0.3, 0.4) is 0 Å². The molecule has 0 aromatic heterocycles. The molecular weight excluding hydrogens is 438 g/mol. The molecule has 1 atom stereocenters. The normalized spacial score (nSPS) is 23.5. The Hall–Kier alpha value is -3.10. The summed E-state index contributed by atoms with van der Waals surface area (Å²) in [5.74, 6) is -0.839. The monoisotopic (exact) mass is 473 g/mol. The van der Waals surface area contributed by atoms with Crippen molar-refractivity contribution >= 4 is 29.5 Å². The van der Waals surface area contributed by atoms with E-state index in [4.69, 9.17) is 9.47 Å². The fourth-order valence-corrected chi connectivity index (χ4v) is 4.71. The highest BCUT2D eigenvalue weighted by Gasteiger charge is 2.53. The van der Waals surface area contributed by atoms with Crippen LogP contribution in [-0.4, -0.2) is 54.0 Å². The molecule has 1 saturated carbocycles. The Labute approximate surface area is 200 Å². The summed E-state index contributed by atoms with van der Waals surface area (Å²) in [6.07, 6.45) is 1.61. The molecule has 1 aromatic rings. The summed E-state index contributed by atoms with van der Waals surface area (Å²) < 4.78 is 10.5. The molecule has 9 heteroatoms. The zero-order valence-corrected chi connectivity index (χ0v) is 20.8. The van der Waals surface area contributed by atoms with Crippen molar-refractivity contribution in [2.75, 3.05) is 19.0 Å². The summed E-state index contributed by atoms with van der Waals surface area (Å²) in [5, 5.41) is 5.49. The molecule has 4 amide bonds. The fourth-order valence-electron chi connectivity index (χ4n) is 4.71. The minimum atomic E-state index is -1.13. The highest BCUT2D eigenvalue weighted by Crippen LogP contribution is 2.43. The van der Waals surface area contributed by atoms with Crippen LogP contribution in [0, 0.1) is 18.3 Å². The first-order chi connectivity index (χ1) is 15.9. The van der Waals surface area contributed by atoms with Crippen molar-refractivity contribution < 1.29 is 28.7 Å². The molecule has 0 bridgehead atoms. The van der Waals surface area contributed by atoms with Crippen molar-refractivity contribution in [2.45, 2.75) is 71.9 Å². The van der Waals surface area contributed by atoms with Gasteiger partial charge in [0, 0.05) is 0 Å². The van der Waals surface area contributed by atoms with Crippen LogP contribution in [0.4, 0.5) is 10.5 Å². The van der Waals surface area contributed by atoms with Gasteiger partial charge < -0.3 is 20.1 Å². The van der Waals surface area contributed by atoms with Crippen molar-refractivity contribution in [3.05, 3.63) is 23.8 Å². The first-order valence-corrected chi connectivity index (χ1v) is 11.7. The number of imide groups is 1. The first-order valence-electron chi connectivity index (χ1n) is 11.7. The van der Waals surface area contributed by atoms with Crippen LogP contribution in [0.5, 0.6) is 5.75 Å². The lowest BCUT2D eigenvalue weighted by Crippen LogP contribution is -2.50. The first kappa shape index (κ1) is 25.5. The van der Waals surface area contributed by atoms with Crippen LogP contribution in [0.2, 0.25) is 0 Å². The van der Waals surface area contributed by atoms with Crippen LogP contribution in [-0.2, 0) is 19.1 Å². The Balaban J connectivity index is 1.57. The zero-order valence-electron chi connectivity index (χ0n) is 20.8. The van der Waals surface area contributed by atoms with Crippen LogP contribution >= 0.6 is 0 Å². The van der Waals surface area contributed by atoms with Crippen molar-refractivity contribution in [3.8, 4) is 5.75 Å². The van der Waals surface area contributed by atoms with Gasteiger partial charge in [-0.3, -0.25) is 19.3 Å². The van der Waals surface area contributed by atoms with E-state index in [2.05, 4.69) is 31.4 Å². The topological polar surface area (TPSA) is 114 Å². The molecule has 9 nitrogen and oxygen atoms in total. The van der Waals surface area contributed by atoms with Gasteiger partial charge in [-0.1, -0.05) is 26.8 Å². The van der Waals surface area contributed by atoms with Gasteiger partial charge in [-0.2, -0.15) is 0 Å². The van der Waals surface area contributed by atoms with Crippen molar-refractivity contribution in [1.29, 1.82) is 0 Å². The van der Waals surface area contributed by atoms with E-state index in [1.165, 1.54) is 14.0 Å². The third-order valence-electron chi connectivity index (χ3n) is 6.89. The Morgan fingerprint density at radius 1 is 1.24 bits per heavy atom. The van der Waals surface area contributed by atoms with Gasteiger partial charge in [0.1, 0.15) is 17.8 Å². The molecule has 1 aliphatic heterocycles. The molecule has 34 heavy (non-hydrogen) atoms. The molecule has 2 N–H and O–H groups in total. The van der Waals surface area contributed by atoms with E-state index in [-0.39, 0.29) is 5.41 Å². The molecule has 1 aliphatic carbocycles. The quantitative estimate of drug-likeness (QED) is 0.484. The van der Waals surface area contributed by atoms with Gasteiger partial charge in [0.15, 0.2) is 6.10 Å². The van der Waals surface area contributed by atoms with Gasteiger partial charge in [-0.15, -0.1) is 0 Å². The maximum atomic E-state index is 13.1. The van der Waals surface area contributed by atoms with Crippen molar-refractivity contribution in [1.82, 2.24) is 10.2 Å². The van der Waals surface area contributed by atoms with Gasteiger partial charge in [0.25, 0.3) is 11.8 Å².